The maximum Gasteiger partial charge on any atom is 0.115 e. The zero-order chi connectivity index (χ0) is 14.2. The molecule has 1 N–H and O–H groups in total. The SMILES string of the molecule is CCC[C@]1(c2cccc(O)c2)CCN(CC2(C)CC2)C1. The van der Waals surface area contributed by atoms with Crippen LogP contribution in [0.2, 0.25) is 0 Å². The van der Waals surface area contributed by atoms with Crippen molar-refractivity contribution in [1.29, 1.82) is 0 Å². The van der Waals surface area contributed by atoms with Crippen LogP contribution in [-0.4, -0.2) is 29.6 Å². The summed E-state index contributed by atoms with van der Waals surface area (Å²) in [5.74, 6) is 0.408. The van der Waals surface area contributed by atoms with E-state index in [4.69, 9.17) is 0 Å². The van der Waals surface area contributed by atoms with Gasteiger partial charge in [-0.05, 0) is 55.3 Å². The second kappa shape index (κ2) is 5.07. The number of hydrogen-bond acceptors (Lipinski definition) is 2. The molecule has 1 aliphatic heterocycles. The van der Waals surface area contributed by atoms with E-state index in [9.17, 15) is 5.11 Å². The van der Waals surface area contributed by atoms with Crippen molar-refractivity contribution in [3.05, 3.63) is 29.8 Å². The van der Waals surface area contributed by atoms with Gasteiger partial charge in [0.1, 0.15) is 5.75 Å². The second-order valence-corrected chi connectivity index (χ2v) is 7.35. The molecule has 110 valence electrons. The zero-order valence-corrected chi connectivity index (χ0v) is 12.9. The third-order valence-electron chi connectivity index (χ3n) is 5.33. The molecule has 0 unspecified atom stereocenters. The van der Waals surface area contributed by atoms with E-state index in [2.05, 4.69) is 24.8 Å². The summed E-state index contributed by atoms with van der Waals surface area (Å²) < 4.78 is 0. The Morgan fingerprint density at radius 3 is 2.70 bits per heavy atom. The molecule has 2 fully saturated rings. The first-order valence-corrected chi connectivity index (χ1v) is 8.07. The predicted octanol–water partition coefficient (Wildman–Crippen LogP) is 3.94. The minimum absolute atomic E-state index is 0.263. The van der Waals surface area contributed by atoms with Crippen molar-refractivity contribution in [2.45, 2.75) is 51.4 Å². The summed E-state index contributed by atoms with van der Waals surface area (Å²) in [6.45, 7) is 8.33. The molecule has 1 heterocycles. The van der Waals surface area contributed by atoms with Crippen LogP contribution >= 0.6 is 0 Å². The third-order valence-corrected chi connectivity index (χ3v) is 5.33. The first kappa shape index (κ1) is 13.9. The van der Waals surface area contributed by atoms with Gasteiger partial charge in [0.2, 0.25) is 0 Å². The molecule has 1 saturated heterocycles. The molecule has 1 saturated carbocycles. The van der Waals surface area contributed by atoms with Gasteiger partial charge < -0.3 is 10.0 Å². The van der Waals surface area contributed by atoms with E-state index >= 15 is 0 Å². The smallest absolute Gasteiger partial charge is 0.115 e. The van der Waals surface area contributed by atoms with Gasteiger partial charge in [-0.1, -0.05) is 32.4 Å². The highest BCUT2D eigenvalue weighted by atomic mass is 16.3. The van der Waals surface area contributed by atoms with Crippen LogP contribution in [0.1, 0.15) is 51.5 Å². The van der Waals surface area contributed by atoms with Crippen LogP contribution in [0.4, 0.5) is 0 Å². The fourth-order valence-corrected chi connectivity index (χ4v) is 3.90. The molecule has 0 radical (unpaired) electrons. The van der Waals surface area contributed by atoms with Crippen LogP contribution in [0.5, 0.6) is 5.75 Å². The lowest BCUT2D eigenvalue weighted by Crippen LogP contribution is -2.33. The summed E-state index contributed by atoms with van der Waals surface area (Å²) in [4.78, 5) is 2.66. The number of benzene rings is 1. The monoisotopic (exact) mass is 273 g/mol. The van der Waals surface area contributed by atoms with Gasteiger partial charge in [-0.3, -0.25) is 0 Å². The van der Waals surface area contributed by atoms with Crippen molar-refractivity contribution in [2.75, 3.05) is 19.6 Å². The van der Waals surface area contributed by atoms with Gasteiger partial charge in [0.05, 0.1) is 0 Å². The van der Waals surface area contributed by atoms with E-state index in [1.165, 1.54) is 57.3 Å². The molecule has 20 heavy (non-hydrogen) atoms. The largest absolute Gasteiger partial charge is 0.508 e. The number of rotatable bonds is 5. The van der Waals surface area contributed by atoms with Crippen LogP contribution < -0.4 is 0 Å². The molecule has 1 aromatic carbocycles. The Balaban J connectivity index is 1.79. The Hall–Kier alpha value is -1.02. The van der Waals surface area contributed by atoms with E-state index in [1.807, 2.05) is 12.1 Å². The molecule has 3 rings (SSSR count). The van der Waals surface area contributed by atoms with Crippen LogP contribution in [0.15, 0.2) is 24.3 Å². The number of aromatic hydroxyl groups is 1. The average Bonchev–Trinajstić information content (AvgIpc) is 2.99. The van der Waals surface area contributed by atoms with Crippen LogP contribution in [0.25, 0.3) is 0 Å². The van der Waals surface area contributed by atoms with E-state index < -0.39 is 0 Å². The van der Waals surface area contributed by atoms with E-state index in [-0.39, 0.29) is 5.41 Å². The van der Waals surface area contributed by atoms with Gasteiger partial charge in [0.15, 0.2) is 0 Å². The summed E-state index contributed by atoms with van der Waals surface area (Å²) in [6, 6.07) is 7.96. The minimum Gasteiger partial charge on any atom is -0.508 e. The fourth-order valence-electron chi connectivity index (χ4n) is 3.90. The summed E-state index contributed by atoms with van der Waals surface area (Å²) in [7, 11) is 0. The first-order valence-electron chi connectivity index (χ1n) is 8.07. The molecule has 0 bridgehead atoms. The molecule has 2 nitrogen and oxygen atoms in total. The Morgan fingerprint density at radius 2 is 2.05 bits per heavy atom. The molecular weight excluding hydrogens is 246 g/mol. The van der Waals surface area contributed by atoms with Crippen LogP contribution in [-0.2, 0) is 5.41 Å². The third kappa shape index (κ3) is 2.71. The van der Waals surface area contributed by atoms with Crippen molar-refractivity contribution in [1.82, 2.24) is 4.90 Å². The normalized spacial score (nSPS) is 28.7. The fraction of sp³-hybridized carbons (Fsp3) is 0.667. The topological polar surface area (TPSA) is 23.5 Å². The lowest BCUT2D eigenvalue weighted by atomic mass is 9.76. The number of phenols is 1. The molecule has 0 spiro atoms. The summed E-state index contributed by atoms with van der Waals surface area (Å²) in [6.07, 6.45) is 6.47. The summed E-state index contributed by atoms with van der Waals surface area (Å²) >= 11 is 0. The molecule has 2 heteroatoms. The van der Waals surface area contributed by atoms with Gasteiger partial charge in [-0.15, -0.1) is 0 Å². The van der Waals surface area contributed by atoms with E-state index in [1.54, 1.807) is 6.07 Å². The van der Waals surface area contributed by atoms with Crippen molar-refractivity contribution in [3.8, 4) is 5.75 Å². The van der Waals surface area contributed by atoms with Gasteiger partial charge in [0.25, 0.3) is 0 Å². The predicted molar refractivity (Wildman–Crippen MR) is 83.1 cm³/mol. The molecule has 0 amide bonds. The number of hydrogen-bond donors (Lipinski definition) is 1. The Labute approximate surface area is 122 Å². The Kier molecular flexibility index (Phi) is 3.53. The quantitative estimate of drug-likeness (QED) is 0.878. The van der Waals surface area contributed by atoms with E-state index in [0.717, 1.165) is 0 Å². The summed E-state index contributed by atoms with van der Waals surface area (Å²) in [5, 5.41) is 9.80. The molecule has 1 atom stereocenters. The van der Waals surface area contributed by atoms with Gasteiger partial charge in [-0.2, -0.15) is 0 Å². The number of likely N-dealkylation sites (tertiary alicyclic amines) is 1. The molecule has 2 aliphatic rings. The maximum atomic E-state index is 9.80. The van der Waals surface area contributed by atoms with Crippen LogP contribution in [0, 0.1) is 5.41 Å². The second-order valence-electron chi connectivity index (χ2n) is 7.35. The molecule has 0 aromatic heterocycles. The number of nitrogens with zero attached hydrogens (tertiary/aromatic N) is 1. The zero-order valence-electron chi connectivity index (χ0n) is 12.9. The van der Waals surface area contributed by atoms with Gasteiger partial charge in [0, 0.05) is 18.5 Å². The Morgan fingerprint density at radius 1 is 1.25 bits per heavy atom. The van der Waals surface area contributed by atoms with Crippen LogP contribution in [0.3, 0.4) is 0 Å². The highest BCUT2D eigenvalue weighted by Crippen LogP contribution is 2.48. The molecule has 1 aromatic rings. The van der Waals surface area contributed by atoms with Crippen molar-refractivity contribution in [2.24, 2.45) is 5.41 Å². The Bertz CT molecular complexity index is 480. The first-order chi connectivity index (χ1) is 9.55. The highest BCUT2D eigenvalue weighted by Gasteiger charge is 2.44. The minimum atomic E-state index is 0.263. The van der Waals surface area contributed by atoms with Crippen molar-refractivity contribution in [3.63, 3.8) is 0 Å². The lowest BCUT2D eigenvalue weighted by Gasteiger charge is -2.31. The molecular formula is C18H27NO. The standard InChI is InChI=1S/C18H27NO/c1-3-7-18(15-5-4-6-16(20)12-15)10-11-19(14-18)13-17(2)8-9-17/h4-6,12,20H,3,7-11,13-14H2,1-2H3/t18-/m0/s1. The van der Waals surface area contributed by atoms with Crippen molar-refractivity contribution < 1.29 is 5.11 Å². The van der Waals surface area contributed by atoms with Gasteiger partial charge in [-0.25, -0.2) is 0 Å². The highest BCUT2D eigenvalue weighted by molar-refractivity contribution is 5.34. The maximum absolute atomic E-state index is 9.80. The van der Waals surface area contributed by atoms with Gasteiger partial charge >= 0.3 is 0 Å². The molecule has 1 aliphatic carbocycles. The summed E-state index contributed by atoms with van der Waals surface area (Å²) in [5.41, 5.74) is 2.20. The van der Waals surface area contributed by atoms with E-state index in [0.29, 0.717) is 11.2 Å². The lowest BCUT2D eigenvalue weighted by molar-refractivity contribution is 0.254. The number of phenolic OH excluding ortho intramolecular Hbond substituents is 1. The van der Waals surface area contributed by atoms with Crippen molar-refractivity contribution >= 4 is 0 Å². The average molecular weight is 273 g/mol.